The average Bonchev–Trinajstić information content (AvgIpc) is 3.09. The van der Waals surface area contributed by atoms with Gasteiger partial charge in [0.15, 0.2) is 11.6 Å². The zero-order valence-corrected chi connectivity index (χ0v) is 14.8. The number of aryl methyl sites for hydroxylation is 2. The molecule has 0 spiro atoms. The lowest BCUT2D eigenvalue weighted by molar-refractivity contribution is -0.120. The van der Waals surface area contributed by atoms with Crippen molar-refractivity contribution in [3.8, 4) is 5.75 Å². The van der Waals surface area contributed by atoms with Crippen LogP contribution in [0.5, 0.6) is 5.75 Å². The Labute approximate surface area is 151 Å². The lowest BCUT2D eigenvalue weighted by Gasteiger charge is -2.08. The molecular weight excluding hydrogens is 330 g/mol. The molecule has 2 N–H and O–H groups in total. The first-order chi connectivity index (χ1) is 12.6. The van der Waals surface area contributed by atoms with Crippen LogP contribution in [0.1, 0.15) is 28.5 Å². The second kappa shape index (κ2) is 8.24. The highest BCUT2D eigenvalue weighted by atomic mass is 16.5. The van der Waals surface area contributed by atoms with Crippen molar-refractivity contribution in [3.63, 3.8) is 0 Å². The molecule has 7 heteroatoms. The second-order valence-corrected chi connectivity index (χ2v) is 6.03. The fraction of sp³-hybridized carbons (Fsp3) is 0.263. The van der Waals surface area contributed by atoms with Gasteiger partial charge in [0.2, 0.25) is 5.91 Å². The highest BCUT2D eigenvalue weighted by Gasteiger charge is 2.10. The average molecular weight is 351 g/mol. The van der Waals surface area contributed by atoms with E-state index < -0.39 is 0 Å². The van der Waals surface area contributed by atoms with E-state index in [1.54, 1.807) is 6.20 Å². The number of nitrogens with zero attached hydrogens (tertiary/aromatic N) is 3. The van der Waals surface area contributed by atoms with Gasteiger partial charge < -0.3 is 10.1 Å². The molecule has 1 aromatic carbocycles. The van der Waals surface area contributed by atoms with Crippen LogP contribution >= 0.6 is 0 Å². The summed E-state index contributed by atoms with van der Waals surface area (Å²) in [6.07, 6.45) is 1.80. The van der Waals surface area contributed by atoms with E-state index in [1.807, 2.05) is 50.2 Å². The Balaban J connectivity index is 1.49. The summed E-state index contributed by atoms with van der Waals surface area (Å²) in [5.41, 5.74) is 3.00. The smallest absolute Gasteiger partial charge is 0.228 e. The highest BCUT2D eigenvalue weighted by molar-refractivity contribution is 5.77. The second-order valence-electron chi connectivity index (χ2n) is 6.03. The van der Waals surface area contributed by atoms with Gasteiger partial charge >= 0.3 is 0 Å². The Morgan fingerprint density at radius 3 is 2.92 bits per heavy atom. The van der Waals surface area contributed by atoms with Gasteiger partial charge in [-0.3, -0.25) is 14.9 Å². The number of aromatic amines is 1. The molecule has 7 nitrogen and oxygen atoms in total. The molecule has 0 saturated carbocycles. The Bertz CT molecular complexity index is 877. The summed E-state index contributed by atoms with van der Waals surface area (Å²) in [6, 6.07) is 11.6. The number of ether oxygens (including phenoxy) is 1. The van der Waals surface area contributed by atoms with Crippen LogP contribution in [-0.4, -0.2) is 26.1 Å². The summed E-state index contributed by atoms with van der Waals surface area (Å²) >= 11 is 0. The summed E-state index contributed by atoms with van der Waals surface area (Å²) in [6.45, 7) is 4.66. The number of hydrogen-bond acceptors (Lipinski definition) is 5. The van der Waals surface area contributed by atoms with Crippen molar-refractivity contribution < 1.29 is 9.53 Å². The first kappa shape index (κ1) is 17.6. The number of aromatic nitrogens is 4. The third-order valence-electron chi connectivity index (χ3n) is 3.80. The minimum atomic E-state index is -0.156. The lowest BCUT2D eigenvalue weighted by atomic mass is 10.1. The molecular formula is C19H21N5O2. The first-order valence-corrected chi connectivity index (χ1v) is 8.37. The number of carbonyl (C=O) groups excluding carboxylic acids is 1. The molecule has 0 unspecified atom stereocenters. The third-order valence-corrected chi connectivity index (χ3v) is 3.80. The molecule has 0 radical (unpaired) electrons. The van der Waals surface area contributed by atoms with Crippen LogP contribution in [0.2, 0.25) is 0 Å². The van der Waals surface area contributed by atoms with Crippen molar-refractivity contribution in [3.05, 3.63) is 71.1 Å². The maximum atomic E-state index is 12.0. The van der Waals surface area contributed by atoms with Gasteiger partial charge in [0, 0.05) is 6.20 Å². The predicted molar refractivity (Wildman–Crippen MR) is 96.4 cm³/mol. The van der Waals surface area contributed by atoms with Crippen LogP contribution < -0.4 is 10.1 Å². The number of amides is 1. The van der Waals surface area contributed by atoms with Crippen molar-refractivity contribution in [2.45, 2.75) is 33.4 Å². The summed E-state index contributed by atoms with van der Waals surface area (Å²) in [7, 11) is 0. The van der Waals surface area contributed by atoms with Crippen molar-refractivity contribution in [1.29, 1.82) is 0 Å². The van der Waals surface area contributed by atoms with Gasteiger partial charge in [-0.25, -0.2) is 4.98 Å². The summed E-state index contributed by atoms with van der Waals surface area (Å²) in [4.78, 5) is 20.5. The molecule has 0 bridgehead atoms. The van der Waals surface area contributed by atoms with Crippen molar-refractivity contribution >= 4 is 5.91 Å². The molecule has 2 heterocycles. The van der Waals surface area contributed by atoms with Gasteiger partial charge in [-0.05, 0) is 43.2 Å². The number of carbonyl (C=O) groups is 1. The standard InChI is InChI=1S/C19H21N5O2/c1-13-6-7-14(2)16(9-13)26-12-18-22-17(23-24-18)10-19(25)21-11-15-5-3-4-8-20-15/h3-9H,10-12H2,1-2H3,(H,21,25)(H,22,23,24). The van der Waals surface area contributed by atoms with Gasteiger partial charge in [0.1, 0.15) is 12.4 Å². The molecule has 1 amide bonds. The van der Waals surface area contributed by atoms with Crippen LogP contribution in [0.3, 0.4) is 0 Å². The minimum Gasteiger partial charge on any atom is -0.485 e. The normalized spacial score (nSPS) is 10.5. The number of hydrogen-bond donors (Lipinski definition) is 2. The van der Waals surface area contributed by atoms with Crippen LogP contribution in [0.15, 0.2) is 42.6 Å². The summed E-state index contributed by atoms with van der Waals surface area (Å²) < 4.78 is 5.78. The molecule has 134 valence electrons. The van der Waals surface area contributed by atoms with Gasteiger partial charge in [-0.15, -0.1) is 0 Å². The molecule has 0 fully saturated rings. The van der Waals surface area contributed by atoms with E-state index in [9.17, 15) is 4.79 Å². The lowest BCUT2D eigenvalue weighted by Crippen LogP contribution is -2.25. The molecule has 3 rings (SSSR count). The van der Waals surface area contributed by atoms with E-state index in [1.165, 1.54) is 0 Å². The topological polar surface area (TPSA) is 92.8 Å². The molecule has 0 saturated heterocycles. The van der Waals surface area contributed by atoms with Gasteiger partial charge in [-0.2, -0.15) is 5.10 Å². The monoisotopic (exact) mass is 351 g/mol. The Morgan fingerprint density at radius 2 is 2.12 bits per heavy atom. The zero-order chi connectivity index (χ0) is 18.4. The zero-order valence-electron chi connectivity index (χ0n) is 14.8. The van der Waals surface area contributed by atoms with Crippen LogP contribution in [0, 0.1) is 13.8 Å². The van der Waals surface area contributed by atoms with Crippen molar-refractivity contribution in [1.82, 2.24) is 25.5 Å². The molecule has 0 aliphatic heterocycles. The Morgan fingerprint density at radius 1 is 1.23 bits per heavy atom. The van der Waals surface area contributed by atoms with Crippen LogP contribution in [-0.2, 0) is 24.4 Å². The van der Waals surface area contributed by atoms with Crippen molar-refractivity contribution in [2.24, 2.45) is 0 Å². The van der Waals surface area contributed by atoms with Gasteiger partial charge in [0.05, 0.1) is 18.7 Å². The maximum absolute atomic E-state index is 12.0. The number of nitrogens with one attached hydrogen (secondary N) is 2. The van der Waals surface area contributed by atoms with Gasteiger partial charge in [-0.1, -0.05) is 18.2 Å². The quantitative estimate of drug-likeness (QED) is 0.681. The van der Waals surface area contributed by atoms with E-state index in [0.717, 1.165) is 22.6 Å². The largest absolute Gasteiger partial charge is 0.485 e. The summed E-state index contributed by atoms with van der Waals surface area (Å²) in [5, 5.41) is 9.68. The SMILES string of the molecule is Cc1ccc(C)c(OCc2nc(CC(=O)NCc3ccccn3)n[nH]2)c1. The van der Waals surface area contributed by atoms with E-state index in [2.05, 4.69) is 25.5 Å². The van der Waals surface area contributed by atoms with Crippen LogP contribution in [0.4, 0.5) is 0 Å². The number of pyridine rings is 1. The molecule has 0 aliphatic carbocycles. The fourth-order valence-electron chi connectivity index (χ4n) is 2.39. The van der Waals surface area contributed by atoms with Crippen LogP contribution in [0.25, 0.3) is 0 Å². The molecule has 0 atom stereocenters. The van der Waals surface area contributed by atoms with Crippen molar-refractivity contribution in [2.75, 3.05) is 0 Å². The molecule has 2 aromatic heterocycles. The third kappa shape index (κ3) is 4.89. The number of benzene rings is 1. The summed E-state index contributed by atoms with van der Waals surface area (Å²) in [5.74, 6) is 1.68. The number of rotatable bonds is 7. The predicted octanol–water partition coefficient (Wildman–Crippen LogP) is 2.25. The van der Waals surface area contributed by atoms with E-state index in [4.69, 9.17) is 4.74 Å². The van der Waals surface area contributed by atoms with Gasteiger partial charge in [0.25, 0.3) is 0 Å². The maximum Gasteiger partial charge on any atom is 0.228 e. The molecule has 0 aliphatic rings. The minimum absolute atomic E-state index is 0.104. The fourth-order valence-corrected chi connectivity index (χ4v) is 2.39. The Hall–Kier alpha value is -3.22. The molecule has 26 heavy (non-hydrogen) atoms. The first-order valence-electron chi connectivity index (χ1n) is 8.37. The Kier molecular flexibility index (Phi) is 5.58. The highest BCUT2D eigenvalue weighted by Crippen LogP contribution is 2.19. The molecule has 3 aromatic rings. The van der Waals surface area contributed by atoms with E-state index in [-0.39, 0.29) is 18.9 Å². The van der Waals surface area contributed by atoms with E-state index >= 15 is 0 Å². The van der Waals surface area contributed by atoms with E-state index in [0.29, 0.717) is 18.2 Å². The number of H-pyrrole nitrogens is 1.